The Morgan fingerprint density at radius 1 is 1.24 bits per heavy atom. The number of hydrogen-bond donors (Lipinski definition) is 2. The Bertz CT molecular complexity index is 1090. The minimum Gasteiger partial charge on any atom is -0.382 e. The first-order valence-corrected chi connectivity index (χ1v) is 9.05. The van der Waals surface area contributed by atoms with Gasteiger partial charge in [-0.05, 0) is 55.3 Å². The fourth-order valence-corrected chi connectivity index (χ4v) is 2.95. The van der Waals surface area contributed by atoms with Gasteiger partial charge in [0.25, 0.3) is 5.91 Å². The van der Waals surface area contributed by atoms with E-state index in [9.17, 15) is 18.8 Å². The molecule has 0 aliphatic carbocycles. The summed E-state index contributed by atoms with van der Waals surface area (Å²) in [6.07, 6.45) is 0.808. The highest BCUT2D eigenvalue weighted by atomic mass is 35.5. The highest BCUT2D eigenvalue weighted by Crippen LogP contribution is 2.22. The van der Waals surface area contributed by atoms with Crippen molar-refractivity contribution in [2.75, 3.05) is 12.3 Å². The molecule has 148 valence electrons. The number of hydrogen-bond acceptors (Lipinski definition) is 4. The van der Waals surface area contributed by atoms with Crippen molar-refractivity contribution in [1.29, 1.82) is 5.26 Å². The molecular weight excluding hydrogens is 400 g/mol. The van der Waals surface area contributed by atoms with Crippen molar-refractivity contribution in [2.45, 2.75) is 12.8 Å². The van der Waals surface area contributed by atoms with Crippen molar-refractivity contribution in [3.63, 3.8) is 0 Å². The molecule has 2 aromatic carbocycles. The molecule has 0 atom stereocenters. The van der Waals surface area contributed by atoms with E-state index in [1.807, 2.05) is 6.07 Å². The fourth-order valence-electron chi connectivity index (χ4n) is 2.78. The van der Waals surface area contributed by atoms with Crippen LogP contribution in [0.4, 0.5) is 14.6 Å². The first-order valence-electron chi connectivity index (χ1n) is 8.67. The van der Waals surface area contributed by atoms with Gasteiger partial charge in [-0.3, -0.25) is 4.79 Å². The SMILES string of the molecule is N#Cc1c(CCCNC(=O)c2cc(Cl)ccc2F)nn(-c2ccc(F)cc2)c1N. The molecule has 0 aliphatic heterocycles. The molecule has 1 amide bonds. The molecule has 0 unspecified atom stereocenters. The molecule has 1 aromatic heterocycles. The van der Waals surface area contributed by atoms with Crippen LogP contribution in [-0.4, -0.2) is 22.2 Å². The summed E-state index contributed by atoms with van der Waals surface area (Å²) in [6.45, 7) is 0.235. The Balaban J connectivity index is 1.66. The van der Waals surface area contributed by atoms with Crippen molar-refractivity contribution in [2.24, 2.45) is 0 Å². The van der Waals surface area contributed by atoms with Gasteiger partial charge in [-0.25, -0.2) is 13.5 Å². The number of nitrogen functional groups attached to an aromatic ring is 1. The number of nitrogens with one attached hydrogen (secondary N) is 1. The number of amides is 1. The smallest absolute Gasteiger partial charge is 0.254 e. The minimum atomic E-state index is -0.663. The lowest BCUT2D eigenvalue weighted by atomic mass is 10.1. The molecule has 3 N–H and O–H groups in total. The van der Waals surface area contributed by atoms with Crippen LogP contribution in [0.5, 0.6) is 0 Å². The predicted octanol–water partition coefficient (Wildman–Crippen LogP) is 3.62. The molecule has 0 saturated heterocycles. The van der Waals surface area contributed by atoms with Gasteiger partial charge in [0.05, 0.1) is 16.9 Å². The molecule has 3 aromatic rings. The van der Waals surface area contributed by atoms with Gasteiger partial charge < -0.3 is 11.1 Å². The Morgan fingerprint density at radius 3 is 2.66 bits per heavy atom. The van der Waals surface area contributed by atoms with Gasteiger partial charge in [0.2, 0.25) is 0 Å². The van der Waals surface area contributed by atoms with Crippen LogP contribution in [0.1, 0.15) is 28.0 Å². The monoisotopic (exact) mass is 415 g/mol. The maximum Gasteiger partial charge on any atom is 0.254 e. The zero-order valence-electron chi connectivity index (χ0n) is 15.1. The summed E-state index contributed by atoms with van der Waals surface area (Å²) in [7, 11) is 0. The molecular formula is C20H16ClF2N5O. The summed E-state index contributed by atoms with van der Waals surface area (Å²) >= 11 is 5.79. The molecule has 0 fully saturated rings. The Hall–Kier alpha value is -3.44. The van der Waals surface area contributed by atoms with Crippen molar-refractivity contribution in [3.05, 3.63) is 75.9 Å². The lowest BCUT2D eigenvalue weighted by Crippen LogP contribution is -2.25. The number of nitrogens with zero attached hydrogens (tertiary/aromatic N) is 3. The summed E-state index contributed by atoms with van der Waals surface area (Å²) in [5, 5.41) is 16.6. The van der Waals surface area contributed by atoms with Crippen LogP contribution in [0.3, 0.4) is 0 Å². The lowest BCUT2D eigenvalue weighted by molar-refractivity contribution is 0.0949. The van der Waals surface area contributed by atoms with Crippen LogP contribution in [0.25, 0.3) is 5.69 Å². The van der Waals surface area contributed by atoms with Gasteiger partial charge >= 0.3 is 0 Å². The van der Waals surface area contributed by atoms with E-state index in [0.717, 1.165) is 6.07 Å². The summed E-state index contributed by atoms with van der Waals surface area (Å²) < 4.78 is 28.2. The standard InChI is InChI=1S/C20H16ClF2N5O/c21-12-3-8-17(23)15(10-12)20(29)26-9-1-2-18-16(11-24)19(25)28(27-18)14-6-4-13(22)5-7-14/h3-8,10H,1-2,9,25H2,(H,26,29). The van der Waals surface area contributed by atoms with Gasteiger partial charge in [-0.15, -0.1) is 0 Å². The largest absolute Gasteiger partial charge is 0.382 e. The fraction of sp³-hybridized carbons (Fsp3) is 0.150. The summed E-state index contributed by atoms with van der Waals surface area (Å²) in [5.41, 5.74) is 7.07. The van der Waals surface area contributed by atoms with E-state index in [-0.39, 0.29) is 28.5 Å². The van der Waals surface area contributed by atoms with E-state index < -0.39 is 17.5 Å². The Morgan fingerprint density at radius 2 is 1.97 bits per heavy atom. The van der Waals surface area contributed by atoms with Crippen LogP contribution in [-0.2, 0) is 6.42 Å². The number of aryl methyl sites for hydroxylation is 1. The normalized spacial score (nSPS) is 10.6. The zero-order chi connectivity index (χ0) is 21.0. The Kier molecular flexibility index (Phi) is 6.10. The second-order valence-corrected chi connectivity index (χ2v) is 6.63. The molecule has 1 heterocycles. The summed E-state index contributed by atoms with van der Waals surface area (Å²) in [6, 6.07) is 11.3. The zero-order valence-corrected chi connectivity index (χ0v) is 15.9. The lowest BCUT2D eigenvalue weighted by Gasteiger charge is -2.06. The van der Waals surface area contributed by atoms with Crippen LogP contribution in [0.15, 0.2) is 42.5 Å². The van der Waals surface area contributed by atoms with E-state index in [2.05, 4.69) is 10.4 Å². The highest BCUT2D eigenvalue weighted by Gasteiger charge is 2.17. The van der Waals surface area contributed by atoms with Gasteiger partial charge in [0, 0.05) is 11.6 Å². The molecule has 0 aliphatic rings. The number of benzene rings is 2. The molecule has 29 heavy (non-hydrogen) atoms. The first-order chi connectivity index (χ1) is 13.9. The van der Waals surface area contributed by atoms with E-state index in [4.69, 9.17) is 17.3 Å². The molecule has 0 spiro atoms. The van der Waals surface area contributed by atoms with Gasteiger partial charge in [-0.2, -0.15) is 10.4 Å². The summed E-state index contributed by atoms with van der Waals surface area (Å²) in [4.78, 5) is 12.1. The third-order valence-corrected chi connectivity index (χ3v) is 4.46. The quantitative estimate of drug-likeness (QED) is 0.601. The number of carbonyl (C=O) groups excluding carboxylic acids is 1. The number of nitrogens with two attached hydrogens (primary N) is 1. The average molecular weight is 416 g/mol. The van der Waals surface area contributed by atoms with Crippen molar-refractivity contribution >= 4 is 23.3 Å². The van der Waals surface area contributed by atoms with Crippen LogP contribution in [0, 0.1) is 23.0 Å². The molecule has 0 bridgehead atoms. The predicted molar refractivity (Wildman–Crippen MR) is 105 cm³/mol. The molecule has 6 nitrogen and oxygen atoms in total. The highest BCUT2D eigenvalue weighted by molar-refractivity contribution is 6.31. The van der Waals surface area contributed by atoms with Gasteiger partial charge in [0.15, 0.2) is 0 Å². The van der Waals surface area contributed by atoms with E-state index in [0.29, 0.717) is 24.2 Å². The second-order valence-electron chi connectivity index (χ2n) is 6.19. The second kappa shape index (κ2) is 8.71. The maximum atomic E-state index is 13.7. The van der Waals surface area contributed by atoms with E-state index in [1.165, 1.54) is 41.1 Å². The number of carbonyl (C=O) groups is 1. The number of halogens is 3. The maximum absolute atomic E-state index is 13.7. The van der Waals surface area contributed by atoms with E-state index >= 15 is 0 Å². The topological polar surface area (TPSA) is 96.7 Å². The van der Waals surface area contributed by atoms with Crippen molar-refractivity contribution < 1.29 is 13.6 Å². The number of aromatic nitrogens is 2. The third kappa shape index (κ3) is 4.52. The van der Waals surface area contributed by atoms with Crippen LogP contribution < -0.4 is 11.1 Å². The van der Waals surface area contributed by atoms with Gasteiger partial charge in [0.1, 0.15) is 29.1 Å². The Labute approximate surface area is 170 Å². The van der Waals surface area contributed by atoms with Crippen LogP contribution >= 0.6 is 11.6 Å². The van der Waals surface area contributed by atoms with Gasteiger partial charge in [-0.1, -0.05) is 11.6 Å². The number of nitriles is 1. The van der Waals surface area contributed by atoms with Crippen LogP contribution in [0.2, 0.25) is 5.02 Å². The van der Waals surface area contributed by atoms with Crippen molar-refractivity contribution in [1.82, 2.24) is 15.1 Å². The average Bonchev–Trinajstić information content (AvgIpc) is 3.02. The number of anilines is 1. The molecule has 0 radical (unpaired) electrons. The first kappa shape index (κ1) is 20.3. The number of rotatable bonds is 6. The molecule has 0 saturated carbocycles. The van der Waals surface area contributed by atoms with E-state index in [1.54, 1.807) is 0 Å². The van der Waals surface area contributed by atoms with Crippen molar-refractivity contribution in [3.8, 4) is 11.8 Å². The molecule has 9 heteroatoms. The molecule has 3 rings (SSSR count). The third-order valence-electron chi connectivity index (χ3n) is 4.23. The minimum absolute atomic E-state index is 0.139. The summed E-state index contributed by atoms with van der Waals surface area (Å²) in [5.74, 6) is -1.49.